The van der Waals surface area contributed by atoms with Gasteiger partial charge in [0.05, 0.1) is 0 Å². The van der Waals surface area contributed by atoms with Crippen LogP contribution < -0.4 is 5.32 Å². The summed E-state index contributed by atoms with van der Waals surface area (Å²) < 4.78 is 5.46. The van der Waals surface area contributed by atoms with Crippen molar-refractivity contribution in [2.45, 2.75) is 70.0 Å². The van der Waals surface area contributed by atoms with Crippen LogP contribution in [0, 0.1) is 5.92 Å². The Bertz CT molecular complexity index is 628. The number of nitrogens with zero attached hydrogens (tertiary/aromatic N) is 1. The first kappa shape index (κ1) is 21.6. The summed E-state index contributed by atoms with van der Waals surface area (Å²) in [5.41, 5.74) is -0.562. The largest absolute Gasteiger partial charge is 0.444 e. The molecule has 27 heavy (non-hydrogen) atoms. The molecular weight excluding hydrogens is 360 g/mol. The lowest BCUT2D eigenvalue weighted by atomic mass is 10.1. The molecule has 2 amide bonds. The second kappa shape index (κ2) is 9.49. The summed E-state index contributed by atoms with van der Waals surface area (Å²) >= 11 is 1.74. The van der Waals surface area contributed by atoms with E-state index in [4.69, 9.17) is 4.74 Å². The van der Waals surface area contributed by atoms with E-state index in [0.29, 0.717) is 18.9 Å². The second-order valence-electron chi connectivity index (χ2n) is 8.31. The van der Waals surface area contributed by atoms with Crippen molar-refractivity contribution in [1.29, 1.82) is 0 Å². The van der Waals surface area contributed by atoms with E-state index in [1.54, 1.807) is 16.7 Å². The van der Waals surface area contributed by atoms with Gasteiger partial charge in [0.2, 0.25) is 5.91 Å². The lowest BCUT2D eigenvalue weighted by Crippen LogP contribution is -2.51. The van der Waals surface area contributed by atoms with Crippen molar-refractivity contribution in [3.8, 4) is 0 Å². The number of likely N-dealkylation sites (tertiary alicyclic amines) is 1. The van der Waals surface area contributed by atoms with E-state index in [1.165, 1.54) is 4.90 Å². The van der Waals surface area contributed by atoms with E-state index >= 15 is 0 Å². The number of thioether (sulfide) groups is 1. The Labute approximate surface area is 167 Å². The maximum Gasteiger partial charge on any atom is 0.410 e. The number of hydrogen-bond acceptors (Lipinski definition) is 4. The minimum absolute atomic E-state index is 0.0452. The number of benzene rings is 1. The number of carbonyl (C=O) groups is 2. The molecule has 1 aliphatic rings. The van der Waals surface area contributed by atoms with Crippen molar-refractivity contribution in [3.05, 3.63) is 30.3 Å². The molecule has 0 spiro atoms. The summed E-state index contributed by atoms with van der Waals surface area (Å²) in [5, 5.41) is 3.17. The van der Waals surface area contributed by atoms with Crippen molar-refractivity contribution in [2.24, 2.45) is 5.92 Å². The van der Waals surface area contributed by atoms with Gasteiger partial charge in [0.15, 0.2) is 0 Å². The van der Waals surface area contributed by atoms with Gasteiger partial charge in [-0.15, -0.1) is 11.8 Å². The molecule has 2 atom stereocenters. The van der Waals surface area contributed by atoms with Gasteiger partial charge in [-0.2, -0.15) is 0 Å². The zero-order valence-corrected chi connectivity index (χ0v) is 17.8. The number of nitrogens with one attached hydrogen (secondary N) is 1. The number of amides is 2. The summed E-state index contributed by atoms with van der Waals surface area (Å²) in [7, 11) is 0. The molecular formula is C21H32N2O3S. The summed E-state index contributed by atoms with van der Waals surface area (Å²) in [5.74, 6) is 1.03. The molecule has 1 fully saturated rings. The fourth-order valence-corrected chi connectivity index (χ4v) is 4.15. The predicted molar refractivity (Wildman–Crippen MR) is 110 cm³/mol. The molecule has 1 aliphatic heterocycles. The minimum Gasteiger partial charge on any atom is -0.444 e. The molecule has 0 saturated carbocycles. The molecule has 1 aromatic rings. The van der Waals surface area contributed by atoms with Crippen molar-refractivity contribution >= 4 is 23.8 Å². The van der Waals surface area contributed by atoms with E-state index < -0.39 is 17.7 Å². The third-order valence-electron chi connectivity index (χ3n) is 4.49. The minimum atomic E-state index is -0.562. The Morgan fingerprint density at radius 2 is 1.93 bits per heavy atom. The van der Waals surface area contributed by atoms with Crippen molar-refractivity contribution in [1.82, 2.24) is 10.2 Å². The molecule has 2 rings (SSSR count). The molecule has 0 unspecified atom stereocenters. The van der Waals surface area contributed by atoms with Crippen LogP contribution in [0.15, 0.2) is 35.2 Å². The van der Waals surface area contributed by atoms with Crippen LogP contribution in [-0.2, 0) is 9.53 Å². The van der Waals surface area contributed by atoms with Gasteiger partial charge in [-0.25, -0.2) is 4.79 Å². The van der Waals surface area contributed by atoms with Crippen LogP contribution >= 0.6 is 11.8 Å². The monoisotopic (exact) mass is 392 g/mol. The van der Waals surface area contributed by atoms with Gasteiger partial charge in [-0.05, 0) is 51.7 Å². The lowest BCUT2D eigenvalue weighted by molar-refractivity contribution is -0.126. The average molecular weight is 393 g/mol. The van der Waals surface area contributed by atoms with Crippen molar-refractivity contribution < 1.29 is 14.3 Å². The Kier molecular flexibility index (Phi) is 7.59. The summed E-state index contributed by atoms with van der Waals surface area (Å²) in [6.07, 6.45) is 1.10. The maximum atomic E-state index is 12.9. The van der Waals surface area contributed by atoms with Crippen LogP contribution in [0.4, 0.5) is 4.79 Å². The molecule has 5 nitrogen and oxygen atoms in total. The van der Waals surface area contributed by atoms with E-state index in [1.807, 2.05) is 39.0 Å². The van der Waals surface area contributed by atoms with Gasteiger partial charge < -0.3 is 10.1 Å². The SMILES string of the molecule is CC(C)[C@@H](CSc1ccccc1)NC(=O)[C@@H]1CCCN1C(=O)OC(C)(C)C. The summed E-state index contributed by atoms with van der Waals surface area (Å²) in [6.45, 7) is 10.3. The van der Waals surface area contributed by atoms with Crippen LogP contribution in [0.25, 0.3) is 0 Å². The summed E-state index contributed by atoms with van der Waals surface area (Å²) in [4.78, 5) is 28.1. The van der Waals surface area contributed by atoms with Crippen molar-refractivity contribution in [3.63, 3.8) is 0 Å². The van der Waals surface area contributed by atoms with Crippen LogP contribution in [0.3, 0.4) is 0 Å². The van der Waals surface area contributed by atoms with E-state index in [9.17, 15) is 9.59 Å². The van der Waals surface area contributed by atoms with E-state index in [0.717, 1.165) is 12.2 Å². The first-order valence-corrected chi connectivity index (χ1v) is 10.6. The van der Waals surface area contributed by atoms with Crippen LogP contribution in [-0.4, -0.2) is 46.9 Å². The van der Waals surface area contributed by atoms with Gasteiger partial charge in [0, 0.05) is 23.2 Å². The Morgan fingerprint density at radius 3 is 2.52 bits per heavy atom. The standard InChI is InChI=1S/C21H32N2O3S/c1-15(2)17(14-27-16-10-7-6-8-11-16)22-19(24)18-12-9-13-23(18)20(25)26-21(3,4)5/h6-8,10-11,15,17-18H,9,12-14H2,1-5H3,(H,22,24)/t17-,18+/m1/s1. The number of hydrogen-bond donors (Lipinski definition) is 1. The quantitative estimate of drug-likeness (QED) is 0.733. The fourth-order valence-electron chi connectivity index (χ4n) is 2.96. The topological polar surface area (TPSA) is 58.6 Å². The molecule has 0 bridgehead atoms. The number of ether oxygens (including phenoxy) is 1. The first-order chi connectivity index (χ1) is 12.7. The summed E-state index contributed by atoms with van der Waals surface area (Å²) in [6, 6.07) is 9.78. The third-order valence-corrected chi connectivity index (χ3v) is 5.62. The first-order valence-electron chi connectivity index (χ1n) is 9.65. The number of rotatable bonds is 6. The molecule has 1 aromatic carbocycles. The molecule has 1 heterocycles. The van der Waals surface area contributed by atoms with Crippen LogP contribution in [0.2, 0.25) is 0 Å². The Hall–Kier alpha value is -1.69. The fraction of sp³-hybridized carbons (Fsp3) is 0.619. The zero-order valence-electron chi connectivity index (χ0n) is 17.0. The normalized spacial score (nSPS) is 18.4. The highest BCUT2D eigenvalue weighted by molar-refractivity contribution is 7.99. The highest BCUT2D eigenvalue weighted by Gasteiger charge is 2.37. The maximum absolute atomic E-state index is 12.9. The average Bonchev–Trinajstić information content (AvgIpc) is 3.07. The van der Waals surface area contributed by atoms with Gasteiger partial charge in [0.25, 0.3) is 0 Å². The van der Waals surface area contributed by atoms with Crippen LogP contribution in [0.1, 0.15) is 47.5 Å². The van der Waals surface area contributed by atoms with E-state index in [2.05, 4.69) is 31.3 Å². The third kappa shape index (κ3) is 6.76. The molecule has 6 heteroatoms. The zero-order chi connectivity index (χ0) is 20.0. The van der Waals surface area contributed by atoms with Crippen LogP contribution in [0.5, 0.6) is 0 Å². The predicted octanol–water partition coefficient (Wildman–Crippen LogP) is 4.32. The van der Waals surface area contributed by atoms with Crippen molar-refractivity contribution in [2.75, 3.05) is 12.3 Å². The highest BCUT2D eigenvalue weighted by Crippen LogP contribution is 2.23. The number of carbonyl (C=O) groups excluding carboxylic acids is 2. The molecule has 1 saturated heterocycles. The van der Waals surface area contributed by atoms with Gasteiger partial charge in [-0.3, -0.25) is 9.69 Å². The molecule has 0 aliphatic carbocycles. The molecule has 1 N–H and O–H groups in total. The smallest absolute Gasteiger partial charge is 0.410 e. The Balaban J connectivity index is 1.96. The molecule has 150 valence electrons. The highest BCUT2D eigenvalue weighted by atomic mass is 32.2. The molecule has 0 radical (unpaired) electrons. The van der Waals surface area contributed by atoms with Gasteiger partial charge in [-0.1, -0.05) is 32.0 Å². The molecule has 0 aromatic heterocycles. The van der Waals surface area contributed by atoms with Gasteiger partial charge >= 0.3 is 6.09 Å². The van der Waals surface area contributed by atoms with E-state index in [-0.39, 0.29) is 11.9 Å². The lowest BCUT2D eigenvalue weighted by Gasteiger charge is -2.30. The van der Waals surface area contributed by atoms with Gasteiger partial charge in [0.1, 0.15) is 11.6 Å². The Morgan fingerprint density at radius 1 is 1.26 bits per heavy atom. The second-order valence-corrected chi connectivity index (χ2v) is 9.41.